The van der Waals surface area contributed by atoms with Crippen LogP contribution in [-0.4, -0.2) is 16.1 Å². The van der Waals surface area contributed by atoms with Gasteiger partial charge in [0.25, 0.3) is 0 Å². The Hall–Kier alpha value is -1.35. The summed E-state index contributed by atoms with van der Waals surface area (Å²) in [5.74, 6) is -1.09. The third-order valence-corrected chi connectivity index (χ3v) is 5.17. The van der Waals surface area contributed by atoms with E-state index in [4.69, 9.17) is 22.2 Å². The Morgan fingerprint density at radius 2 is 1.84 bits per heavy atom. The van der Waals surface area contributed by atoms with E-state index in [1.54, 1.807) is 6.07 Å². The van der Waals surface area contributed by atoms with Crippen molar-refractivity contribution >= 4 is 11.3 Å². The quantitative estimate of drug-likeness (QED) is 0.760. The average Bonchev–Trinajstić information content (AvgIpc) is 2.71. The van der Waals surface area contributed by atoms with E-state index in [2.05, 4.69) is 24.1 Å². The van der Waals surface area contributed by atoms with Crippen molar-refractivity contribution in [2.45, 2.75) is 90.4 Å². The van der Waals surface area contributed by atoms with Gasteiger partial charge in [-0.05, 0) is 82.6 Å². The fraction of sp³-hybridized carbons (Fsp3) is 0.682. The lowest BCUT2D eigenvalue weighted by atomic mass is 9.74. The molecular formula is C22H35N3. The summed E-state index contributed by atoms with van der Waals surface area (Å²) < 4.78 is 97.6. The molecule has 0 unspecified atom stereocenters. The summed E-state index contributed by atoms with van der Waals surface area (Å²) in [6.45, 7) is -8.73. The van der Waals surface area contributed by atoms with Crippen molar-refractivity contribution in [2.75, 3.05) is 5.73 Å². The molecule has 0 radical (unpaired) electrons. The van der Waals surface area contributed by atoms with Gasteiger partial charge in [0, 0.05) is 39.1 Å². The van der Waals surface area contributed by atoms with Crippen molar-refractivity contribution in [2.24, 2.45) is 5.41 Å². The van der Waals surface area contributed by atoms with Gasteiger partial charge in [0.15, 0.2) is 0 Å². The molecule has 3 nitrogen and oxygen atoms in total. The molecule has 3 N–H and O–H groups in total. The molecule has 1 aromatic rings. The van der Waals surface area contributed by atoms with Crippen molar-refractivity contribution < 1.29 is 16.4 Å². The predicted molar refractivity (Wildman–Crippen MR) is 108 cm³/mol. The number of nitrogens with one attached hydrogen (secondary N) is 1. The Morgan fingerprint density at radius 1 is 1.16 bits per heavy atom. The second-order valence-electron chi connectivity index (χ2n) is 8.31. The minimum absolute atomic E-state index is 0.114. The molecule has 0 spiro atoms. The van der Waals surface area contributed by atoms with Gasteiger partial charge in [0.05, 0.1) is 11.4 Å². The molecule has 0 atom stereocenters. The standard InChI is InChI=1S/C22H35N3/c1-20(2)11-9-15(10-12-20)19-17(23)7-8-18(24-19)16-13-21(3,4)25-22(5,6)14-16/h7-9,16,25H,10-14,23H2,1-6H3/i3D3,4D3,5D3,6D3. The first-order valence-corrected chi connectivity index (χ1v) is 8.72. The van der Waals surface area contributed by atoms with Gasteiger partial charge >= 0.3 is 0 Å². The summed E-state index contributed by atoms with van der Waals surface area (Å²) in [6, 6.07) is 3.06. The predicted octanol–water partition coefficient (Wildman–Crippen LogP) is 5.28. The molecule has 0 saturated carbocycles. The lowest BCUT2D eigenvalue weighted by Crippen LogP contribution is -2.57. The number of nitrogens with zero attached hydrogens (tertiary/aromatic N) is 1. The van der Waals surface area contributed by atoms with Crippen LogP contribution in [0, 0.1) is 5.41 Å². The Kier molecular flexibility index (Phi) is 2.10. The number of hydrogen-bond acceptors (Lipinski definition) is 3. The molecule has 25 heavy (non-hydrogen) atoms. The van der Waals surface area contributed by atoms with Crippen LogP contribution in [-0.2, 0) is 0 Å². The van der Waals surface area contributed by atoms with Gasteiger partial charge in [-0.25, -0.2) is 0 Å². The van der Waals surface area contributed by atoms with Gasteiger partial charge in [-0.1, -0.05) is 19.9 Å². The van der Waals surface area contributed by atoms with Gasteiger partial charge in [0.2, 0.25) is 0 Å². The summed E-state index contributed by atoms with van der Waals surface area (Å²) in [5, 5.41) is 2.22. The molecule has 0 aromatic carbocycles. The number of piperidine rings is 1. The average molecular weight is 354 g/mol. The number of allylic oxidation sites excluding steroid dienone is 2. The zero-order valence-corrected chi connectivity index (χ0v) is 14.9. The number of nitrogen functional groups attached to an aromatic ring is 1. The van der Waals surface area contributed by atoms with E-state index in [-0.39, 0.29) is 11.1 Å². The molecular weight excluding hydrogens is 306 g/mol. The van der Waals surface area contributed by atoms with Crippen LogP contribution in [0.15, 0.2) is 18.2 Å². The highest BCUT2D eigenvalue weighted by molar-refractivity contribution is 5.72. The number of rotatable bonds is 2. The summed E-state index contributed by atoms with van der Waals surface area (Å²) in [7, 11) is 0. The molecule has 3 rings (SSSR count). The van der Waals surface area contributed by atoms with E-state index in [1.165, 1.54) is 6.07 Å². The third-order valence-electron chi connectivity index (χ3n) is 5.17. The highest BCUT2D eigenvalue weighted by Crippen LogP contribution is 2.41. The second kappa shape index (κ2) is 6.12. The minimum Gasteiger partial charge on any atom is -0.397 e. The number of nitrogens with two attached hydrogens (primary N) is 1. The fourth-order valence-corrected chi connectivity index (χ4v) is 3.75. The monoisotopic (exact) mass is 353 g/mol. The smallest absolute Gasteiger partial charge is 0.0891 e. The van der Waals surface area contributed by atoms with Crippen LogP contribution >= 0.6 is 0 Å². The van der Waals surface area contributed by atoms with Crippen LogP contribution in [0.3, 0.4) is 0 Å². The third kappa shape index (κ3) is 4.25. The fourth-order valence-electron chi connectivity index (χ4n) is 3.75. The van der Waals surface area contributed by atoms with E-state index >= 15 is 0 Å². The van der Waals surface area contributed by atoms with Crippen LogP contribution in [0.1, 0.15) is 107 Å². The van der Waals surface area contributed by atoms with Crippen molar-refractivity contribution in [3.63, 3.8) is 0 Å². The highest BCUT2D eigenvalue weighted by Gasteiger charge is 2.38. The van der Waals surface area contributed by atoms with E-state index in [0.29, 0.717) is 17.8 Å². The van der Waals surface area contributed by atoms with Crippen LogP contribution in [0.25, 0.3) is 5.57 Å². The van der Waals surface area contributed by atoms with Crippen LogP contribution < -0.4 is 11.1 Å². The molecule has 1 aliphatic heterocycles. The van der Waals surface area contributed by atoms with Gasteiger partial charge in [0.1, 0.15) is 0 Å². The van der Waals surface area contributed by atoms with Crippen molar-refractivity contribution in [3.8, 4) is 0 Å². The summed E-state index contributed by atoms with van der Waals surface area (Å²) >= 11 is 0. The molecule has 1 fully saturated rings. The largest absolute Gasteiger partial charge is 0.397 e. The Morgan fingerprint density at radius 3 is 2.40 bits per heavy atom. The minimum atomic E-state index is -3.26. The number of pyridine rings is 1. The first kappa shape index (κ1) is 8.56. The van der Waals surface area contributed by atoms with Gasteiger partial charge in [-0.15, -0.1) is 0 Å². The van der Waals surface area contributed by atoms with E-state index in [1.807, 2.05) is 6.08 Å². The molecule has 2 aliphatic rings. The van der Waals surface area contributed by atoms with Crippen molar-refractivity contribution in [1.82, 2.24) is 10.3 Å². The molecule has 0 amide bonds. The molecule has 0 bridgehead atoms. The topological polar surface area (TPSA) is 50.9 Å². The molecule has 1 aromatic heterocycles. The molecule has 1 saturated heterocycles. The van der Waals surface area contributed by atoms with Gasteiger partial charge in [-0.3, -0.25) is 4.98 Å². The number of hydrogen-bond donors (Lipinski definition) is 2. The van der Waals surface area contributed by atoms with Gasteiger partial charge < -0.3 is 11.1 Å². The van der Waals surface area contributed by atoms with Crippen molar-refractivity contribution in [3.05, 3.63) is 29.6 Å². The summed E-state index contributed by atoms with van der Waals surface area (Å²) in [5.41, 5.74) is 2.68. The summed E-state index contributed by atoms with van der Waals surface area (Å²) in [4.78, 5) is 4.67. The maximum atomic E-state index is 8.14. The van der Waals surface area contributed by atoms with Gasteiger partial charge in [-0.2, -0.15) is 0 Å². The highest BCUT2D eigenvalue weighted by atomic mass is 15.0. The molecule has 2 heterocycles. The molecule has 138 valence electrons. The zero-order chi connectivity index (χ0) is 28.5. The number of anilines is 1. The Bertz CT molecular complexity index is 979. The Balaban J connectivity index is 2.24. The maximum Gasteiger partial charge on any atom is 0.0891 e. The molecule has 1 aliphatic carbocycles. The lowest BCUT2D eigenvalue weighted by Gasteiger charge is -2.46. The zero-order valence-electron chi connectivity index (χ0n) is 26.9. The Labute approximate surface area is 170 Å². The van der Waals surface area contributed by atoms with Crippen LogP contribution in [0.2, 0.25) is 0 Å². The van der Waals surface area contributed by atoms with Crippen LogP contribution in [0.5, 0.6) is 0 Å². The second-order valence-corrected chi connectivity index (χ2v) is 8.31. The molecule has 3 heteroatoms. The maximum absolute atomic E-state index is 8.14. The lowest BCUT2D eigenvalue weighted by molar-refractivity contribution is 0.160. The van der Waals surface area contributed by atoms with E-state index < -0.39 is 57.2 Å². The van der Waals surface area contributed by atoms with Crippen LogP contribution in [0.4, 0.5) is 5.69 Å². The van der Waals surface area contributed by atoms with E-state index in [0.717, 1.165) is 18.4 Å². The SMILES string of the molecule is [2H]C([2H])([2H])C1(C([2H])([2H])[2H])CC(c2ccc(N)c(C3=CCC(C)(C)CC3)n2)CC(C([2H])([2H])[2H])(C([2H])([2H])[2H])N1. The first-order valence-electron chi connectivity index (χ1n) is 14.7. The number of aromatic nitrogens is 1. The van der Waals surface area contributed by atoms with Crippen molar-refractivity contribution in [1.29, 1.82) is 0 Å². The van der Waals surface area contributed by atoms with E-state index in [9.17, 15) is 0 Å². The first-order chi connectivity index (χ1) is 16.5. The summed E-state index contributed by atoms with van der Waals surface area (Å²) in [6.07, 6.45) is 3.30. The normalized spacial score (nSPS) is 34.6.